The summed E-state index contributed by atoms with van der Waals surface area (Å²) in [4.78, 5) is 15.0. The summed E-state index contributed by atoms with van der Waals surface area (Å²) in [5.74, 6) is 0.285. The Labute approximate surface area is 161 Å². The van der Waals surface area contributed by atoms with Crippen LogP contribution in [0, 0.1) is 12.8 Å². The van der Waals surface area contributed by atoms with E-state index in [1.807, 2.05) is 31.2 Å². The van der Waals surface area contributed by atoms with Crippen molar-refractivity contribution in [3.63, 3.8) is 0 Å². The van der Waals surface area contributed by atoms with Crippen molar-refractivity contribution in [1.29, 1.82) is 0 Å². The minimum absolute atomic E-state index is 0.0868. The third-order valence-corrected chi connectivity index (χ3v) is 5.03. The van der Waals surface area contributed by atoms with Crippen molar-refractivity contribution in [1.82, 2.24) is 4.90 Å². The van der Waals surface area contributed by atoms with Crippen LogP contribution in [-0.2, 0) is 9.53 Å². The first-order valence-electron chi connectivity index (χ1n) is 9.45. The van der Waals surface area contributed by atoms with Crippen LogP contribution in [0.5, 0.6) is 5.75 Å². The van der Waals surface area contributed by atoms with E-state index < -0.39 is 0 Å². The fraction of sp³-hybridized carbons (Fsp3) is 0.348. The third-order valence-electron chi connectivity index (χ3n) is 5.03. The first-order valence-corrected chi connectivity index (χ1v) is 9.45. The molecule has 0 bridgehead atoms. The predicted molar refractivity (Wildman–Crippen MR) is 107 cm³/mol. The quantitative estimate of drug-likeness (QED) is 0.701. The molecule has 142 valence electrons. The summed E-state index contributed by atoms with van der Waals surface area (Å²) in [6.45, 7) is 7.21. The zero-order chi connectivity index (χ0) is 19.4. The van der Waals surface area contributed by atoms with Crippen molar-refractivity contribution in [3.8, 4) is 5.75 Å². The summed E-state index contributed by atoms with van der Waals surface area (Å²) in [6.07, 6.45) is 2.06. The molecule has 0 aliphatic carbocycles. The summed E-state index contributed by atoms with van der Waals surface area (Å²) in [5.41, 5.74) is 4.49. The molecule has 1 heterocycles. The molecule has 0 amide bonds. The van der Waals surface area contributed by atoms with Crippen molar-refractivity contribution in [2.24, 2.45) is 5.92 Å². The van der Waals surface area contributed by atoms with Gasteiger partial charge in [0.1, 0.15) is 11.7 Å². The molecule has 3 rings (SSSR count). The van der Waals surface area contributed by atoms with Gasteiger partial charge < -0.3 is 14.4 Å². The van der Waals surface area contributed by atoms with Gasteiger partial charge in [0, 0.05) is 12.2 Å². The van der Waals surface area contributed by atoms with Gasteiger partial charge in [-0.15, -0.1) is 0 Å². The number of ether oxygens (including phenoxy) is 2. The molecule has 0 saturated carbocycles. The van der Waals surface area contributed by atoms with Gasteiger partial charge in [0.2, 0.25) is 0 Å². The average molecular weight is 365 g/mol. The number of hydrogen-bond acceptors (Lipinski definition) is 4. The molecule has 27 heavy (non-hydrogen) atoms. The summed E-state index contributed by atoms with van der Waals surface area (Å²) in [5, 5.41) is 0. The van der Waals surface area contributed by atoms with E-state index in [2.05, 4.69) is 49.1 Å². The van der Waals surface area contributed by atoms with Crippen molar-refractivity contribution in [2.45, 2.75) is 26.8 Å². The highest BCUT2D eigenvalue weighted by Gasteiger charge is 2.40. The maximum absolute atomic E-state index is 12.7. The monoisotopic (exact) mass is 365 g/mol. The van der Waals surface area contributed by atoms with Crippen LogP contribution in [0.2, 0.25) is 0 Å². The smallest absolute Gasteiger partial charge is 0.315 e. The van der Waals surface area contributed by atoms with Crippen LogP contribution in [0.4, 0.5) is 0 Å². The van der Waals surface area contributed by atoms with Gasteiger partial charge in [0.25, 0.3) is 0 Å². The molecule has 0 unspecified atom stereocenters. The van der Waals surface area contributed by atoms with Crippen molar-refractivity contribution >= 4 is 11.7 Å². The lowest BCUT2D eigenvalue weighted by molar-refractivity contribution is -0.147. The highest BCUT2D eigenvalue weighted by atomic mass is 16.5. The maximum atomic E-state index is 12.7. The summed E-state index contributed by atoms with van der Waals surface area (Å²) < 4.78 is 10.7. The van der Waals surface area contributed by atoms with Crippen LogP contribution in [-0.4, -0.2) is 31.1 Å². The van der Waals surface area contributed by atoms with Gasteiger partial charge in [0.05, 0.1) is 19.8 Å². The minimum atomic E-state index is -0.338. The van der Waals surface area contributed by atoms with Gasteiger partial charge in [0.15, 0.2) is 0 Å². The number of aryl methyl sites for hydroxylation is 1. The van der Waals surface area contributed by atoms with Crippen LogP contribution in [0.3, 0.4) is 0 Å². The number of carbonyl (C=O) groups excluding carboxylic acids is 1. The van der Waals surface area contributed by atoms with Crippen LogP contribution < -0.4 is 4.74 Å². The molecule has 2 aromatic rings. The van der Waals surface area contributed by atoms with Gasteiger partial charge in [-0.2, -0.15) is 0 Å². The van der Waals surface area contributed by atoms with Gasteiger partial charge in [-0.1, -0.05) is 42.0 Å². The van der Waals surface area contributed by atoms with Crippen LogP contribution >= 0.6 is 0 Å². The second kappa shape index (κ2) is 8.30. The molecule has 4 nitrogen and oxygen atoms in total. The second-order valence-electron chi connectivity index (χ2n) is 6.70. The SMILES string of the molecule is CCOC(=O)[C@H]1C=C(c2ccc(C)cc2)N(CC)[C@H]1c1ccc(OC)cc1. The molecule has 1 aliphatic heterocycles. The molecule has 0 aromatic heterocycles. The van der Waals surface area contributed by atoms with E-state index in [0.29, 0.717) is 6.61 Å². The zero-order valence-corrected chi connectivity index (χ0v) is 16.4. The molecule has 0 radical (unpaired) electrons. The van der Waals surface area contributed by atoms with E-state index in [4.69, 9.17) is 9.47 Å². The molecular formula is C23H27NO3. The van der Waals surface area contributed by atoms with Crippen LogP contribution in [0.25, 0.3) is 5.70 Å². The highest BCUT2D eigenvalue weighted by molar-refractivity contribution is 5.82. The molecule has 4 heteroatoms. The maximum Gasteiger partial charge on any atom is 0.315 e. The summed E-state index contributed by atoms with van der Waals surface area (Å²) in [7, 11) is 1.65. The van der Waals surface area contributed by atoms with Crippen molar-refractivity contribution in [3.05, 3.63) is 71.3 Å². The van der Waals surface area contributed by atoms with Crippen LogP contribution in [0.1, 0.15) is 36.6 Å². The van der Waals surface area contributed by atoms with Gasteiger partial charge in [-0.3, -0.25) is 4.79 Å². The lowest BCUT2D eigenvalue weighted by atomic mass is 9.94. The van der Waals surface area contributed by atoms with Gasteiger partial charge >= 0.3 is 5.97 Å². The fourth-order valence-electron chi connectivity index (χ4n) is 3.68. The first-order chi connectivity index (χ1) is 13.1. The topological polar surface area (TPSA) is 38.8 Å². The Morgan fingerprint density at radius 2 is 1.70 bits per heavy atom. The van der Waals surface area contributed by atoms with E-state index in [9.17, 15) is 4.79 Å². The normalized spacial score (nSPS) is 19.0. The lowest BCUT2D eigenvalue weighted by Crippen LogP contribution is -2.30. The Kier molecular flexibility index (Phi) is 5.84. The second-order valence-corrected chi connectivity index (χ2v) is 6.70. The molecule has 0 saturated heterocycles. The number of hydrogen-bond donors (Lipinski definition) is 0. The van der Waals surface area contributed by atoms with E-state index in [1.54, 1.807) is 7.11 Å². The molecule has 2 aromatic carbocycles. The fourth-order valence-corrected chi connectivity index (χ4v) is 3.68. The number of methoxy groups -OCH3 is 1. The Morgan fingerprint density at radius 3 is 2.26 bits per heavy atom. The van der Waals surface area contributed by atoms with Crippen LogP contribution in [0.15, 0.2) is 54.6 Å². The number of rotatable bonds is 6. The van der Waals surface area contributed by atoms with E-state index in [1.165, 1.54) is 5.56 Å². The number of carbonyl (C=O) groups is 1. The first kappa shape index (κ1) is 19.0. The largest absolute Gasteiger partial charge is 0.497 e. The minimum Gasteiger partial charge on any atom is -0.497 e. The number of benzene rings is 2. The Hall–Kier alpha value is -2.75. The molecule has 0 N–H and O–H groups in total. The molecule has 1 aliphatic rings. The molecule has 2 atom stereocenters. The van der Waals surface area contributed by atoms with E-state index in [-0.39, 0.29) is 17.9 Å². The highest BCUT2D eigenvalue weighted by Crippen LogP contribution is 2.43. The van der Waals surface area contributed by atoms with E-state index in [0.717, 1.165) is 29.1 Å². The molecule has 0 spiro atoms. The summed E-state index contributed by atoms with van der Waals surface area (Å²) in [6, 6.07) is 16.3. The van der Waals surface area contributed by atoms with Gasteiger partial charge in [-0.25, -0.2) is 0 Å². The van der Waals surface area contributed by atoms with E-state index >= 15 is 0 Å². The Balaban J connectivity index is 2.03. The Morgan fingerprint density at radius 1 is 1.04 bits per heavy atom. The van der Waals surface area contributed by atoms with Crippen molar-refractivity contribution < 1.29 is 14.3 Å². The Bertz CT molecular complexity index is 809. The predicted octanol–water partition coefficient (Wildman–Crippen LogP) is 4.60. The third kappa shape index (κ3) is 3.85. The zero-order valence-electron chi connectivity index (χ0n) is 16.4. The molecule has 0 fully saturated rings. The number of esters is 1. The molecular weight excluding hydrogens is 338 g/mol. The van der Waals surface area contributed by atoms with Crippen molar-refractivity contribution in [2.75, 3.05) is 20.3 Å². The average Bonchev–Trinajstić information content (AvgIpc) is 3.08. The summed E-state index contributed by atoms with van der Waals surface area (Å²) >= 11 is 0. The number of nitrogens with zero attached hydrogens (tertiary/aromatic N) is 1. The van der Waals surface area contributed by atoms with Gasteiger partial charge in [-0.05, 0) is 50.1 Å². The standard InChI is InChI=1S/C23H27NO3/c1-5-24-21(17-9-7-16(3)8-10-17)15-20(23(25)27-6-2)22(24)18-11-13-19(26-4)14-12-18/h7-15,20,22H,5-6H2,1-4H3/t20-,22-/m0/s1. The lowest BCUT2D eigenvalue weighted by Gasteiger charge is -2.31.